The molecule has 0 radical (unpaired) electrons. The highest BCUT2D eigenvalue weighted by molar-refractivity contribution is 7.90. The fourth-order valence-electron chi connectivity index (χ4n) is 2.54. The summed E-state index contributed by atoms with van der Waals surface area (Å²) in [6.45, 7) is 1.16. The highest BCUT2D eigenvalue weighted by atomic mass is 32.2. The molecule has 0 bridgehead atoms. The maximum atomic E-state index is 12.1. The molecule has 0 amide bonds. The number of ether oxygens (including phenoxy) is 1. The molecule has 2 aliphatic rings. The molecule has 5 heteroatoms. The molecule has 2 rings (SSSR count). The Morgan fingerprint density at radius 2 is 1.56 bits per heavy atom. The van der Waals surface area contributed by atoms with E-state index in [0.29, 0.717) is 26.1 Å². The van der Waals surface area contributed by atoms with Crippen LogP contribution in [0.15, 0.2) is 0 Å². The Kier molecular flexibility index (Phi) is 4.21. The Morgan fingerprint density at radius 1 is 0.938 bits per heavy atom. The van der Waals surface area contributed by atoms with Crippen molar-refractivity contribution < 1.29 is 13.2 Å². The van der Waals surface area contributed by atoms with E-state index in [0.717, 1.165) is 25.7 Å². The van der Waals surface area contributed by atoms with Gasteiger partial charge in [-0.25, -0.2) is 13.1 Å². The molecule has 1 aliphatic heterocycles. The van der Waals surface area contributed by atoms with Crippen molar-refractivity contribution in [3.63, 3.8) is 0 Å². The van der Waals surface area contributed by atoms with E-state index in [-0.39, 0.29) is 11.3 Å². The molecule has 0 unspecified atom stereocenters. The number of hydrogen-bond acceptors (Lipinski definition) is 3. The Bertz CT molecular complexity index is 303. The van der Waals surface area contributed by atoms with Crippen molar-refractivity contribution >= 4 is 10.0 Å². The van der Waals surface area contributed by atoms with E-state index in [1.54, 1.807) is 0 Å². The summed E-state index contributed by atoms with van der Waals surface area (Å²) in [6, 6.07) is 0.182. The van der Waals surface area contributed by atoms with Gasteiger partial charge < -0.3 is 4.74 Å². The average Bonchev–Trinajstić information content (AvgIpc) is 2.31. The summed E-state index contributed by atoms with van der Waals surface area (Å²) < 4.78 is 32.2. The van der Waals surface area contributed by atoms with Gasteiger partial charge in [0.25, 0.3) is 0 Å². The van der Waals surface area contributed by atoms with Crippen molar-refractivity contribution in [2.75, 3.05) is 13.2 Å². The van der Waals surface area contributed by atoms with Crippen LogP contribution in [0.25, 0.3) is 0 Å². The van der Waals surface area contributed by atoms with Gasteiger partial charge in [-0.15, -0.1) is 0 Å². The quantitative estimate of drug-likeness (QED) is 0.820. The van der Waals surface area contributed by atoms with E-state index in [9.17, 15) is 8.42 Å². The highest BCUT2D eigenvalue weighted by Gasteiger charge is 2.30. The normalized spacial score (nSPS) is 25.8. The molecule has 16 heavy (non-hydrogen) atoms. The van der Waals surface area contributed by atoms with Gasteiger partial charge in [0, 0.05) is 19.3 Å². The first-order valence-corrected chi connectivity index (χ1v) is 7.82. The van der Waals surface area contributed by atoms with Crippen molar-refractivity contribution in [2.24, 2.45) is 0 Å². The van der Waals surface area contributed by atoms with E-state index >= 15 is 0 Å². The van der Waals surface area contributed by atoms with E-state index in [2.05, 4.69) is 4.72 Å². The standard InChI is InChI=1S/C11H21NO3S/c13-16(14,11-6-8-15-9-7-11)12-10-4-2-1-3-5-10/h10-12H,1-9H2. The number of hydrogen-bond donors (Lipinski definition) is 1. The van der Waals surface area contributed by atoms with Crippen molar-refractivity contribution in [3.05, 3.63) is 0 Å². The fraction of sp³-hybridized carbons (Fsp3) is 1.00. The molecule has 1 heterocycles. The summed E-state index contributed by atoms with van der Waals surface area (Å²) in [5, 5.41) is -0.233. The number of sulfonamides is 1. The maximum Gasteiger partial charge on any atom is 0.214 e. The molecule has 2 fully saturated rings. The molecule has 94 valence electrons. The van der Waals surface area contributed by atoms with Crippen LogP contribution in [0.2, 0.25) is 0 Å². The van der Waals surface area contributed by atoms with Gasteiger partial charge in [-0.3, -0.25) is 0 Å². The largest absolute Gasteiger partial charge is 0.381 e. The van der Waals surface area contributed by atoms with E-state index in [1.807, 2.05) is 0 Å². The minimum atomic E-state index is -3.11. The average molecular weight is 247 g/mol. The molecular formula is C11H21NO3S. The van der Waals surface area contributed by atoms with Crippen LogP contribution in [0, 0.1) is 0 Å². The van der Waals surface area contributed by atoms with Crippen LogP contribution in [0.5, 0.6) is 0 Å². The zero-order valence-electron chi connectivity index (χ0n) is 9.65. The van der Waals surface area contributed by atoms with Crippen LogP contribution in [0.4, 0.5) is 0 Å². The lowest BCUT2D eigenvalue weighted by atomic mass is 9.96. The van der Waals surface area contributed by atoms with Crippen LogP contribution < -0.4 is 4.72 Å². The Morgan fingerprint density at radius 3 is 2.19 bits per heavy atom. The second-order valence-electron chi connectivity index (χ2n) is 4.81. The first kappa shape index (κ1) is 12.3. The van der Waals surface area contributed by atoms with Gasteiger partial charge in [0.2, 0.25) is 10.0 Å². The van der Waals surface area contributed by atoms with Gasteiger partial charge in [0.15, 0.2) is 0 Å². The van der Waals surface area contributed by atoms with Crippen LogP contribution in [-0.4, -0.2) is 32.9 Å². The number of rotatable bonds is 3. The third kappa shape index (κ3) is 3.18. The molecular weight excluding hydrogens is 226 g/mol. The molecule has 1 saturated heterocycles. The van der Waals surface area contributed by atoms with Gasteiger partial charge in [-0.2, -0.15) is 0 Å². The first-order valence-electron chi connectivity index (χ1n) is 6.27. The van der Waals surface area contributed by atoms with Gasteiger partial charge in [-0.1, -0.05) is 19.3 Å². The van der Waals surface area contributed by atoms with Gasteiger partial charge >= 0.3 is 0 Å². The van der Waals surface area contributed by atoms with Gasteiger partial charge in [-0.05, 0) is 25.7 Å². The van der Waals surface area contributed by atoms with Crippen LogP contribution in [0.1, 0.15) is 44.9 Å². The maximum absolute atomic E-state index is 12.1. The van der Waals surface area contributed by atoms with Crippen molar-refractivity contribution in [3.8, 4) is 0 Å². The Labute approximate surface area is 97.8 Å². The molecule has 0 aromatic heterocycles. The topological polar surface area (TPSA) is 55.4 Å². The fourth-order valence-corrected chi connectivity index (χ4v) is 4.24. The monoisotopic (exact) mass is 247 g/mol. The molecule has 4 nitrogen and oxygen atoms in total. The molecule has 0 aromatic carbocycles. The zero-order valence-corrected chi connectivity index (χ0v) is 10.5. The second kappa shape index (κ2) is 5.47. The third-order valence-electron chi connectivity index (χ3n) is 3.54. The van der Waals surface area contributed by atoms with E-state index in [4.69, 9.17) is 4.74 Å². The van der Waals surface area contributed by atoms with E-state index in [1.165, 1.54) is 6.42 Å². The van der Waals surface area contributed by atoms with Crippen LogP contribution in [0.3, 0.4) is 0 Å². The minimum Gasteiger partial charge on any atom is -0.381 e. The lowest BCUT2D eigenvalue weighted by Gasteiger charge is -2.27. The van der Waals surface area contributed by atoms with Crippen LogP contribution >= 0.6 is 0 Å². The second-order valence-corrected chi connectivity index (χ2v) is 6.80. The lowest BCUT2D eigenvalue weighted by molar-refractivity contribution is 0.0980. The summed E-state index contributed by atoms with van der Waals surface area (Å²) in [4.78, 5) is 0. The summed E-state index contributed by atoms with van der Waals surface area (Å²) in [6.07, 6.45) is 6.84. The van der Waals surface area contributed by atoms with Crippen molar-refractivity contribution in [2.45, 2.75) is 56.2 Å². The molecule has 1 aliphatic carbocycles. The SMILES string of the molecule is O=S(=O)(NC1CCCCC1)C1CCOCC1. The molecule has 0 spiro atoms. The van der Waals surface area contributed by atoms with Crippen molar-refractivity contribution in [1.29, 1.82) is 0 Å². The Hall–Kier alpha value is -0.130. The lowest BCUT2D eigenvalue weighted by Crippen LogP contribution is -2.43. The van der Waals surface area contributed by atoms with Gasteiger partial charge in [0.1, 0.15) is 0 Å². The van der Waals surface area contributed by atoms with Crippen molar-refractivity contribution in [1.82, 2.24) is 4.72 Å². The molecule has 0 atom stereocenters. The smallest absolute Gasteiger partial charge is 0.214 e. The molecule has 1 N–H and O–H groups in total. The molecule has 1 saturated carbocycles. The summed E-state index contributed by atoms with van der Waals surface area (Å²) >= 11 is 0. The predicted octanol–water partition coefficient (Wildman–Crippen LogP) is 1.42. The summed E-state index contributed by atoms with van der Waals surface area (Å²) in [5.74, 6) is 0. The van der Waals surface area contributed by atoms with Crippen LogP contribution in [-0.2, 0) is 14.8 Å². The summed E-state index contributed by atoms with van der Waals surface area (Å²) in [5.41, 5.74) is 0. The minimum absolute atomic E-state index is 0.182. The third-order valence-corrected chi connectivity index (χ3v) is 5.55. The van der Waals surface area contributed by atoms with Gasteiger partial charge in [0.05, 0.1) is 5.25 Å². The molecule has 0 aromatic rings. The first-order chi connectivity index (χ1) is 7.68. The Balaban J connectivity index is 1.90. The summed E-state index contributed by atoms with van der Waals surface area (Å²) in [7, 11) is -3.11. The van der Waals surface area contributed by atoms with E-state index < -0.39 is 10.0 Å². The zero-order chi connectivity index (χ0) is 11.4. The highest BCUT2D eigenvalue weighted by Crippen LogP contribution is 2.21. The predicted molar refractivity (Wildman–Crippen MR) is 62.8 cm³/mol. The number of nitrogens with one attached hydrogen (secondary N) is 1.